The van der Waals surface area contributed by atoms with Gasteiger partial charge in [-0.15, -0.1) is 0 Å². The third kappa shape index (κ3) is 8.67. The van der Waals surface area contributed by atoms with Gasteiger partial charge in [0.25, 0.3) is 0 Å². The largest absolute Gasteiger partial charge is 0.487 e. The van der Waals surface area contributed by atoms with Crippen molar-refractivity contribution in [2.75, 3.05) is 25.5 Å². The van der Waals surface area contributed by atoms with Crippen LogP contribution in [-0.2, 0) is 20.4 Å². The average molecular weight is 460 g/mol. The molecule has 2 N–H and O–H groups in total. The predicted molar refractivity (Wildman–Crippen MR) is 120 cm³/mol. The number of halogens is 1. The van der Waals surface area contributed by atoms with E-state index in [0.717, 1.165) is 25.7 Å². The SMILES string of the molecule is CCC(O)(CNS(=O)(=O)CCCOCC(C)(C)C)c1ccc(F)c(OC2CCCC2)c1. The van der Waals surface area contributed by atoms with E-state index in [2.05, 4.69) is 25.5 Å². The quantitative estimate of drug-likeness (QED) is 0.460. The van der Waals surface area contributed by atoms with Crippen LogP contribution in [-0.4, -0.2) is 45.1 Å². The Morgan fingerprint density at radius 3 is 2.52 bits per heavy atom. The molecule has 0 radical (unpaired) electrons. The van der Waals surface area contributed by atoms with Crippen molar-refractivity contribution in [3.8, 4) is 5.75 Å². The molecule has 1 unspecified atom stereocenters. The van der Waals surface area contributed by atoms with Crippen molar-refractivity contribution >= 4 is 10.0 Å². The summed E-state index contributed by atoms with van der Waals surface area (Å²) in [6.07, 6.45) is 4.52. The van der Waals surface area contributed by atoms with Crippen LogP contribution in [0.4, 0.5) is 4.39 Å². The highest BCUT2D eigenvalue weighted by Gasteiger charge is 2.30. The molecule has 1 aromatic rings. The minimum absolute atomic E-state index is 0.0153. The first kappa shape index (κ1) is 26.0. The van der Waals surface area contributed by atoms with E-state index < -0.39 is 21.4 Å². The molecule has 178 valence electrons. The molecule has 0 amide bonds. The number of sulfonamides is 1. The van der Waals surface area contributed by atoms with Gasteiger partial charge in [-0.2, -0.15) is 0 Å². The first-order valence-corrected chi connectivity index (χ1v) is 12.8. The van der Waals surface area contributed by atoms with Crippen molar-refractivity contribution < 1.29 is 27.4 Å². The van der Waals surface area contributed by atoms with Gasteiger partial charge in [0.2, 0.25) is 10.0 Å². The van der Waals surface area contributed by atoms with Gasteiger partial charge in [-0.1, -0.05) is 33.8 Å². The number of nitrogens with one attached hydrogen (secondary N) is 1. The van der Waals surface area contributed by atoms with Crippen LogP contribution >= 0.6 is 0 Å². The second-order valence-corrected chi connectivity index (χ2v) is 11.6. The van der Waals surface area contributed by atoms with Gasteiger partial charge in [-0.3, -0.25) is 0 Å². The Labute approximate surface area is 186 Å². The zero-order valence-corrected chi connectivity index (χ0v) is 20.1. The Hall–Kier alpha value is -1.22. The van der Waals surface area contributed by atoms with E-state index >= 15 is 0 Å². The molecule has 1 atom stereocenters. The molecule has 1 aromatic carbocycles. The fourth-order valence-corrected chi connectivity index (χ4v) is 4.63. The molecule has 6 nitrogen and oxygen atoms in total. The van der Waals surface area contributed by atoms with Crippen molar-refractivity contribution in [1.29, 1.82) is 0 Å². The summed E-state index contributed by atoms with van der Waals surface area (Å²) >= 11 is 0. The van der Waals surface area contributed by atoms with Gasteiger partial charge < -0.3 is 14.6 Å². The minimum Gasteiger partial charge on any atom is -0.487 e. The summed E-state index contributed by atoms with van der Waals surface area (Å²) in [5.41, 5.74) is -0.998. The smallest absolute Gasteiger partial charge is 0.211 e. The van der Waals surface area contributed by atoms with Gasteiger partial charge in [-0.25, -0.2) is 17.5 Å². The molecule has 0 spiro atoms. The second-order valence-electron chi connectivity index (χ2n) is 9.66. The van der Waals surface area contributed by atoms with E-state index in [1.807, 2.05) is 0 Å². The van der Waals surface area contributed by atoms with Crippen molar-refractivity contribution in [2.24, 2.45) is 5.41 Å². The van der Waals surface area contributed by atoms with Gasteiger partial charge in [0.1, 0.15) is 5.60 Å². The molecule has 0 aliphatic heterocycles. The highest BCUT2D eigenvalue weighted by molar-refractivity contribution is 7.89. The van der Waals surface area contributed by atoms with E-state index in [-0.39, 0.29) is 36.0 Å². The molecule has 1 aliphatic rings. The molecule has 0 bridgehead atoms. The summed E-state index contributed by atoms with van der Waals surface area (Å²) in [6.45, 7) is 8.64. The van der Waals surface area contributed by atoms with Crippen molar-refractivity contribution in [3.05, 3.63) is 29.6 Å². The molecular weight excluding hydrogens is 421 g/mol. The van der Waals surface area contributed by atoms with E-state index in [1.165, 1.54) is 18.2 Å². The molecule has 0 saturated heterocycles. The van der Waals surface area contributed by atoms with Crippen LogP contribution in [0.25, 0.3) is 0 Å². The zero-order chi connectivity index (χ0) is 23.1. The maximum absolute atomic E-state index is 14.2. The third-order valence-electron chi connectivity index (χ3n) is 5.47. The Morgan fingerprint density at radius 1 is 1.23 bits per heavy atom. The third-order valence-corrected chi connectivity index (χ3v) is 6.88. The van der Waals surface area contributed by atoms with Crippen LogP contribution < -0.4 is 9.46 Å². The van der Waals surface area contributed by atoms with Crippen LogP contribution in [0.3, 0.4) is 0 Å². The molecule has 31 heavy (non-hydrogen) atoms. The van der Waals surface area contributed by atoms with Gasteiger partial charge in [0.05, 0.1) is 18.5 Å². The van der Waals surface area contributed by atoms with Crippen LogP contribution in [0, 0.1) is 11.2 Å². The number of aliphatic hydroxyl groups is 1. The summed E-state index contributed by atoms with van der Waals surface area (Å²) in [5.74, 6) is -0.462. The van der Waals surface area contributed by atoms with Gasteiger partial charge in [0, 0.05) is 13.2 Å². The van der Waals surface area contributed by atoms with Gasteiger partial charge in [0.15, 0.2) is 11.6 Å². The molecule has 2 rings (SSSR count). The first-order chi connectivity index (χ1) is 14.4. The highest BCUT2D eigenvalue weighted by Crippen LogP contribution is 2.32. The predicted octanol–water partition coefficient (Wildman–Crippen LogP) is 4.12. The number of rotatable bonds is 12. The maximum Gasteiger partial charge on any atom is 0.211 e. The lowest BCUT2D eigenvalue weighted by atomic mass is 9.91. The number of hydrogen-bond donors (Lipinski definition) is 2. The molecule has 0 heterocycles. The fourth-order valence-electron chi connectivity index (χ4n) is 3.53. The van der Waals surface area contributed by atoms with Crippen molar-refractivity contribution in [3.63, 3.8) is 0 Å². The molecule has 0 aromatic heterocycles. The number of benzene rings is 1. The lowest BCUT2D eigenvalue weighted by Gasteiger charge is -2.28. The monoisotopic (exact) mass is 459 g/mol. The maximum atomic E-state index is 14.2. The summed E-state index contributed by atoms with van der Waals surface area (Å²) in [5, 5.41) is 11.1. The first-order valence-electron chi connectivity index (χ1n) is 11.2. The molecule has 1 saturated carbocycles. The summed E-state index contributed by atoms with van der Waals surface area (Å²) in [4.78, 5) is 0. The number of hydrogen-bond acceptors (Lipinski definition) is 5. The normalized spacial score (nSPS) is 17.6. The van der Waals surface area contributed by atoms with Crippen molar-refractivity contribution in [1.82, 2.24) is 4.72 Å². The van der Waals surface area contributed by atoms with E-state index in [0.29, 0.717) is 25.2 Å². The van der Waals surface area contributed by atoms with Crippen LogP contribution in [0.1, 0.15) is 71.8 Å². The highest BCUT2D eigenvalue weighted by atomic mass is 32.2. The average Bonchev–Trinajstić information content (AvgIpc) is 3.20. The van der Waals surface area contributed by atoms with Crippen molar-refractivity contribution in [2.45, 2.75) is 77.9 Å². The fraction of sp³-hybridized carbons (Fsp3) is 0.739. The lowest BCUT2D eigenvalue weighted by Crippen LogP contribution is -2.41. The zero-order valence-electron chi connectivity index (χ0n) is 19.2. The Bertz CT molecular complexity index is 803. The molecule has 1 fully saturated rings. The topological polar surface area (TPSA) is 84.9 Å². The Morgan fingerprint density at radius 2 is 1.90 bits per heavy atom. The van der Waals surface area contributed by atoms with Crippen LogP contribution in [0.15, 0.2) is 18.2 Å². The Kier molecular flexibility index (Phi) is 9.30. The van der Waals surface area contributed by atoms with Gasteiger partial charge in [-0.05, 0) is 61.6 Å². The summed E-state index contributed by atoms with van der Waals surface area (Å²) in [6, 6.07) is 4.24. The van der Waals surface area contributed by atoms with Gasteiger partial charge >= 0.3 is 0 Å². The minimum atomic E-state index is -3.58. The van der Waals surface area contributed by atoms with E-state index in [9.17, 15) is 17.9 Å². The summed E-state index contributed by atoms with van der Waals surface area (Å²) < 4.78 is 52.8. The van der Waals surface area contributed by atoms with E-state index in [4.69, 9.17) is 9.47 Å². The summed E-state index contributed by atoms with van der Waals surface area (Å²) in [7, 11) is -3.58. The molecule has 8 heteroatoms. The molecular formula is C23H38FNO5S. The second kappa shape index (κ2) is 11.1. The number of ether oxygens (including phenoxy) is 2. The Balaban J connectivity index is 1.95. The standard InChI is InChI=1S/C23H38FNO5S/c1-5-23(26,16-25-31(27,28)14-8-13-29-17-22(2,3)4)18-11-12-20(24)21(15-18)30-19-9-6-7-10-19/h11-12,15,19,25-26H,5-10,13-14,16-17H2,1-4H3. The molecule has 1 aliphatic carbocycles. The van der Waals surface area contributed by atoms with E-state index in [1.54, 1.807) is 6.92 Å². The van der Waals surface area contributed by atoms with Crippen LogP contribution in [0.2, 0.25) is 0 Å². The van der Waals surface area contributed by atoms with Crippen LogP contribution in [0.5, 0.6) is 5.75 Å². The lowest BCUT2D eigenvalue weighted by molar-refractivity contribution is 0.0374.